The van der Waals surface area contributed by atoms with Crippen LogP contribution in [-0.2, 0) is 20.7 Å². The van der Waals surface area contributed by atoms with E-state index in [-0.39, 0.29) is 18.9 Å². The zero-order chi connectivity index (χ0) is 21.8. The lowest BCUT2D eigenvalue weighted by Gasteiger charge is -2.13. The Balaban J connectivity index is 1.73. The Morgan fingerprint density at radius 3 is 2.63 bits per heavy atom. The Hall–Kier alpha value is -3.14. The van der Waals surface area contributed by atoms with Crippen LogP contribution in [0.5, 0.6) is 5.75 Å². The number of rotatable bonds is 7. The minimum absolute atomic E-state index is 0.162. The maximum absolute atomic E-state index is 12.7. The highest BCUT2D eigenvalue weighted by atomic mass is 32.2. The monoisotopic (exact) mass is 429 g/mol. The van der Waals surface area contributed by atoms with Crippen LogP contribution < -0.4 is 10.1 Å². The van der Waals surface area contributed by atoms with E-state index in [2.05, 4.69) is 25.1 Å². The molecule has 0 radical (unpaired) electrons. The summed E-state index contributed by atoms with van der Waals surface area (Å²) in [4.78, 5) is 32.7. The summed E-state index contributed by atoms with van der Waals surface area (Å²) in [6, 6.07) is 5.18. The van der Waals surface area contributed by atoms with E-state index >= 15 is 0 Å². The highest BCUT2D eigenvalue weighted by molar-refractivity contribution is 7.98. The number of thioether (sulfide) groups is 1. The van der Waals surface area contributed by atoms with Gasteiger partial charge in [-0.05, 0) is 50.8 Å². The van der Waals surface area contributed by atoms with Gasteiger partial charge in [-0.2, -0.15) is 4.98 Å². The van der Waals surface area contributed by atoms with Crippen molar-refractivity contribution in [3.05, 3.63) is 40.7 Å². The lowest BCUT2D eigenvalue weighted by atomic mass is 10.1. The molecule has 0 aliphatic rings. The molecule has 1 N–H and O–H groups in total. The fourth-order valence-corrected chi connectivity index (χ4v) is 3.29. The molecule has 0 saturated heterocycles. The van der Waals surface area contributed by atoms with Gasteiger partial charge in [0.15, 0.2) is 6.61 Å². The van der Waals surface area contributed by atoms with Crippen molar-refractivity contribution in [1.82, 2.24) is 19.6 Å². The second kappa shape index (κ2) is 9.12. The molecule has 3 rings (SSSR count). The quantitative estimate of drug-likeness (QED) is 0.451. The highest BCUT2D eigenvalue weighted by Crippen LogP contribution is 2.22. The maximum atomic E-state index is 12.7. The van der Waals surface area contributed by atoms with Gasteiger partial charge in [0.1, 0.15) is 5.75 Å². The van der Waals surface area contributed by atoms with Crippen LogP contribution in [0.4, 0.5) is 5.69 Å². The average Bonchev–Trinajstić information content (AvgIpc) is 3.14. The van der Waals surface area contributed by atoms with Crippen LogP contribution in [0.3, 0.4) is 0 Å². The standard InChI is InChI=1S/C20H23N5O4S/c1-11-8-14(29-10-18(27)28-4)6-7-16(11)22-17(26)9-15-12(2)21-19-23-20(30-5)24-25(19)13(15)3/h6-8H,9-10H2,1-5H3,(H,22,26). The van der Waals surface area contributed by atoms with Crippen LogP contribution in [-0.4, -0.2) is 51.4 Å². The summed E-state index contributed by atoms with van der Waals surface area (Å²) in [5.74, 6) is 0.419. The van der Waals surface area contributed by atoms with Gasteiger partial charge in [-0.15, -0.1) is 5.10 Å². The summed E-state index contributed by atoms with van der Waals surface area (Å²) < 4.78 is 11.6. The number of aryl methyl sites for hydroxylation is 3. The summed E-state index contributed by atoms with van der Waals surface area (Å²) in [5.41, 5.74) is 3.88. The largest absolute Gasteiger partial charge is 0.482 e. The molecule has 30 heavy (non-hydrogen) atoms. The van der Waals surface area contributed by atoms with Gasteiger partial charge in [-0.3, -0.25) is 4.79 Å². The van der Waals surface area contributed by atoms with E-state index in [1.54, 1.807) is 22.7 Å². The van der Waals surface area contributed by atoms with E-state index in [1.807, 2.05) is 27.0 Å². The molecule has 0 aliphatic carbocycles. The van der Waals surface area contributed by atoms with Crippen LogP contribution in [0.25, 0.3) is 5.78 Å². The van der Waals surface area contributed by atoms with Crippen molar-refractivity contribution >= 4 is 35.1 Å². The first kappa shape index (κ1) is 21.6. The molecule has 0 bridgehead atoms. The topological polar surface area (TPSA) is 108 Å². The van der Waals surface area contributed by atoms with Crippen molar-refractivity contribution in [2.24, 2.45) is 0 Å². The van der Waals surface area contributed by atoms with Crippen molar-refractivity contribution in [2.75, 3.05) is 25.3 Å². The number of ether oxygens (including phenoxy) is 2. The Labute approximate surface area is 178 Å². The minimum Gasteiger partial charge on any atom is -0.482 e. The summed E-state index contributed by atoms with van der Waals surface area (Å²) in [6.07, 6.45) is 2.06. The molecule has 2 heterocycles. The molecule has 0 atom stereocenters. The number of nitrogens with one attached hydrogen (secondary N) is 1. The number of aromatic nitrogens is 4. The van der Waals surface area contributed by atoms with E-state index in [9.17, 15) is 9.59 Å². The number of amides is 1. The van der Waals surface area contributed by atoms with Crippen LogP contribution in [0, 0.1) is 20.8 Å². The van der Waals surface area contributed by atoms with Gasteiger partial charge in [0.25, 0.3) is 5.78 Å². The number of benzene rings is 1. The number of fused-ring (bicyclic) bond motifs is 1. The number of carbonyl (C=O) groups excluding carboxylic acids is 2. The molecule has 9 nitrogen and oxygen atoms in total. The van der Waals surface area contributed by atoms with E-state index in [1.165, 1.54) is 18.9 Å². The number of methoxy groups -OCH3 is 1. The van der Waals surface area contributed by atoms with E-state index < -0.39 is 5.97 Å². The Morgan fingerprint density at radius 2 is 1.97 bits per heavy atom. The number of esters is 1. The average molecular weight is 430 g/mol. The van der Waals surface area contributed by atoms with E-state index in [0.29, 0.717) is 22.4 Å². The third kappa shape index (κ3) is 4.70. The number of hydrogen-bond acceptors (Lipinski definition) is 8. The summed E-state index contributed by atoms with van der Waals surface area (Å²) in [7, 11) is 1.30. The summed E-state index contributed by atoms with van der Waals surface area (Å²) >= 11 is 1.44. The molecule has 158 valence electrons. The predicted octanol–water partition coefficient (Wildman–Crippen LogP) is 2.50. The molecule has 2 aromatic heterocycles. The third-order valence-corrected chi connectivity index (χ3v) is 5.14. The van der Waals surface area contributed by atoms with Crippen LogP contribution in [0.15, 0.2) is 23.4 Å². The van der Waals surface area contributed by atoms with Crippen molar-refractivity contribution in [3.8, 4) is 5.75 Å². The third-order valence-electron chi connectivity index (χ3n) is 4.61. The molecular weight excluding hydrogens is 406 g/mol. The first-order valence-electron chi connectivity index (χ1n) is 9.19. The van der Waals surface area contributed by atoms with Crippen molar-refractivity contribution in [2.45, 2.75) is 32.3 Å². The normalized spacial score (nSPS) is 10.8. The molecule has 3 aromatic rings. The maximum Gasteiger partial charge on any atom is 0.343 e. The lowest BCUT2D eigenvalue weighted by Crippen LogP contribution is -2.18. The second-order valence-corrected chi connectivity index (χ2v) is 7.41. The van der Waals surface area contributed by atoms with Gasteiger partial charge >= 0.3 is 5.97 Å². The van der Waals surface area contributed by atoms with Gasteiger partial charge in [0.05, 0.1) is 13.5 Å². The van der Waals surface area contributed by atoms with Gasteiger partial charge in [0.2, 0.25) is 11.1 Å². The molecule has 0 spiro atoms. The van der Waals surface area contributed by atoms with Crippen LogP contribution >= 0.6 is 11.8 Å². The Morgan fingerprint density at radius 1 is 1.20 bits per heavy atom. The number of carbonyl (C=O) groups is 2. The van der Waals surface area contributed by atoms with Gasteiger partial charge in [-0.1, -0.05) is 11.8 Å². The molecular formula is C20H23N5O4S. The van der Waals surface area contributed by atoms with Gasteiger partial charge < -0.3 is 14.8 Å². The molecule has 10 heteroatoms. The molecule has 0 unspecified atom stereocenters. The zero-order valence-corrected chi connectivity index (χ0v) is 18.3. The summed E-state index contributed by atoms with van der Waals surface area (Å²) in [5, 5.41) is 7.96. The second-order valence-electron chi connectivity index (χ2n) is 6.64. The predicted molar refractivity (Wildman–Crippen MR) is 113 cm³/mol. The summed E-state index contributed by atoms with van der Waals surface area (Å²) in [6.45, 7) is 5.45. The molecule has 1 aromatic carbocycles. The molecule has 0 saturated carbocycles. The molecule has 0 aliphatic heterocycles. The first-order chi connectivity index (χ1) is 14.3. The van der Waals surface area contributed by atoms with E-state index in [4.69, 9.17) is 4.74 Å². The number of hydrogen-bond donors (Lipinski definition) is 1. The first-order valence-corrected chi connectivity index (χ1v) is 10.4. The minimum atomic E-state index is -0.460. The fraction of sp³-hybridized carbons (Fsp3) is 0.350. The van der Waals surface area contributed by atoms with E-state index in [0.717, 1.165) is 22.5 Å². The molecule has 1 amide bonds. The van der Waals surface area contributed by atoms with Gasteiger partial charge in [-0.25, -0.2) is 14.3 Å². The van der Waals surface area contributed by atoms with Crippen molar-refractivity contribution in [1.29, 1.82) is 0 Å². The van der Waals surface area contributed by atoms with Crippen molar-refractivity contribution < 1.29 is 19.1 Å². The Kier molecular flexibility index (Phi) is 6.56. The van der Waals surface area contributed by atoms with Crippen LogP contribution in [0.1, 0.15) is 22.5 Å². The zero-order valence-electron chi connectivity index (χ0n) is 17.5. The van der Waals surface area contributed by atoms with Crippen molar-refractivity contribution in [3.63, 3.8) is 0 Å². The molecule has 0 fully saturated rings. The SMILES string of the molecule is COC(=O)COc1ccc(NC(=O)Cc2c(C)nc3nc(SC)nn3c2C)c(C)c1. The number of nitrogens with zero attached hydrogens (tertiary/aromatic N) is 4. The fourth-order valence-electron chi connectivity index (χ4n) is 2.95. The Bertz CT molecular complexity index is 1110. The van der Waals surface area contributed by atoms with Gasteiger partial charge in [0, 0.05) is 22.6 Å². The lowest BCUT2D eigenvalue weighted by molar-refractivity contribution is -0.142. The smallest absolute Gasteiger partial charge is 0.343 e. The highest BCUT2D eigenvalue weighted by Gasteiger charge is 2.16. The van der Waals surface area contributed by atoms with Crippen LogP contribution in [0.2, 0.25) is 0 Å². The number of anilines is 1.